The molecule has 2 heteroatoms. The average molecular weight is 287 g/mol. The molecular formula is C11H14IN. The highest BCUT2D eigenvalue weighted by Crippen LogP contribution is 2.40. The Bertz CT molecular complexity index is 277. The Labute approximate surface area is 93.1 Å². The second-order valence-corrected chi connectivity index (χ2v) is 4.90. The van der Waals surface area contributed by atoms with Gasteiger partial charge in [0.15, 0.2) is 0 Å². The van der Waals surface area contributed by atoms with Crippen molar-refractivity contribution in [3.8, 4) is 0 Å². The SMILES string of the molecule is CNC(c1ccc(I)cc1)C1CC1. The van der Waals surface area contributed by atoms with Gasteiger partial charge in [0.05, 0.1) is 0 Å². The summed E-state index contributed by atoms with van der Waals surface area (Å²) in [7, 11) is 2.06. The number of benzene rings is 1. The zero-order valence-corrected chi connectivity index (χ0v) is 9.91. The van der Waals surface area contributed by atoms with Crippen LogP contribution in [0.25, 0.3) is 0 Å². The molecule has 1 saturated carbocycles. The molecule has 70 valence electrons. The standard InChI is InChI=1S/C11H14IN/c1-13-11(8-2-3-8)9-4-6-10(12)7-5-9/h4-8,11,13H,2-3H2,1H3. The fourth-order valence-electron chi connectivity index (χ4n) is 1.77. The first-order valence-corrected chi connectivity index (χ1v) is 5.82. The normalized spacial score (nSPS) is 18.6. The Morgan fingerprint density at radius 1 is 1.31 bits per heavy atom. The summed E-state index contributed by atoms with van der Waals surface area (Å²) >= 11 is 2.34. The van der Waals surface area contributed by atoms with Crippen LogP contribution < -0.4 is 5.32 Å². The minimum absolute atomic E-state index is 0.581. The summed E-state index contributed by atoms with van der Waals surface area (Å²) in [6.45, 7) is 0. The summed E-state index contributed by atoms with van der Waals surface area (Å²) in [4.78, 5) is 0. The van der Waals surface area contributed by atoms with Crippen molar-refractivity contribution >= 4 is 22.6 Å². The molecule has 2 rings (SSSR count). The highest BCUT2D eigenvalue weighted by molar-refractivity contribution is 14.1. The van der Waals surface area contributed by atoms with Gasteiger partial charge in [-0.15, -0.1) is 0 Å². The highest BCUT2D eigenvalue weighted by Gasteiger charge is 2.30. The van der Waals surface area contributed by atoms with Crippen LogP contribution in [0.4, 0.5) is 0 Å². The van der Waals surface area contributed by atoms with Gasteiger partial charge >= 0.3 is 0 Å². The molecule has 1 aliphatic carbocycles. The van der Waals surface area contributed by atoms with E-state index in [2.05, 4.69) is 59.2 Å². The van der Waals surface area contributed by atoms with Gasteiger partial charge in [0.25, 0.3) is 0 Å². The van der Waals surface area contributed by atoms with Crippen LogP contribution in [-0.4, -0.2) is 7.05 Å². The molecule has 0 saturated heterocycles. The Balaban J connectivity index is 2.17. The molecule has 1 nitrogen and oxygen atoms in total. The maximum Gasteiger partial charge on any atom is 0.0346 e. The van der Waals surface area contributed by atoms with Gasteiger partial charge in [0.2, 0.25) is 0 Å². The summed E-state index contributed by atoms with van der Waals surface area (Å²) in [6.07, 6.45) is 2.77. The lowest BCUT2D eigenvalue weighted by Crippen LogP contribution is -2.18. The van der Waals surface area contributed by atoms with Gasteiger partial charge in [-0.1, -0.05) is 12.1 Å². The predicted octanol–water partition coefficient (Wildman–Crippen LogP) is 2.96. The summed E-state index contributed by atoms with van der Waals surface area (Å²) in [5.41, 5.74) is 1.44. The molecule has 0 bridgehead atoms. The maximum atomic E-state index is 3.40. The van der Waals surface area contributed by atoms with E-state index in [1.807, 2.05) is 0 Å². The summed E-state index contributed by atoms with van der Waals surface area (Å²) in [5, 5.41) is 3.40. The molecule has 0 heterocycles. The van der Waals surface area contributed by atoms with Crippen molar-refractivity contribution in [2.24, 2.45) is 5.92 Å². The Morgan fingerprint density at radius 3 is 2.38 bits per heavy atom. The number of rotatable bonds is 3. The van der Waals surface area contributed by atoms with Crippen LogP contribution in [0, 0.1) is 9.49 Å². The van der Waals surface area contributed by atoms with E-state index in [0.717, 1.165) is 5.92 Å². The first-order valence-electron chi connectivity index (χ1n) is 4.74. The second-order valence-electron chi connectivity index (χ2n) is 3.66. The monoisotopic (exact) mass is 287 g/mol. The first-order chi connectivity index (χ1) is 6.31. The van der Waals surface area contributed by atoms with E-state index in [0.29, 0.717) is 6.04 Å². The van der Waals surface area contributed by atoms with Crippen LogP contribution in [-0.2, 0) is 0 Å². The zero-order valence-electron chi connectivity index (χ0n) is 7.76. The summed E-state index contributed by atoms with van der Waals surface area (Å²) in [5.74, 6) is 0.880. The Hall–Kier alpha value is -0.0900. The lowest BCUT2D eigenvalue weighted by atomic mass is 10.0. The van der Waals surface area contributed by atoms with Gasteiger partial charge in [-0.2, -0.15) is 0 Å². The van der Waals surface area contributed by atoms with E-state index < -0.39 is 0 Å². The third-order valence-electron chi connectivity index (χ3n) is 2.63. The molecule has 1 aromatic carbocycles. The summed E-state index contributed by atoms with van der Waals surface area (Å²) in [6, 6.07) is 9.42. The smallest absolute Gasteiger partial charge is 0.0346 e. The van der Waals surface area contributed by atoms with Crippen LogP contribution in [0.5, 0.6) is 0 Å². The van der Waals surface area contributed by atoms with Crippen molar-refractivity contribution in [1.29, 1.82) is 0 Å². The molecule has 1 N–H and O–H groups in total. The molecule has 1 aliphatic rings. The van der Waals surface area contributed by atoms with Crippen LogP contribution in [0.2, 0.25) is 0 Å². The van der Waals surface area contributed by atoms with Crippen LogP contribution in [0.1, 0.15) is 24.4 Å². The molecule has 0 aromatic heterocycles. The van der Waals surface area contributed by atoms with Crippen molar-refractivity contribution in [3.05, 3.63) is 33.4 Å². The van der Waals surface area contributed by atoms with Crippen LogP contribution in [0.15, 0.2) is 24.3 Å². The second kappa shape index (κ2) is 3.96. The molecule has 0 radical (unpaired) electrons. The molecular weight excluding hydrogens is 273 g/mol. The topological polar surface area (TPSA) is 12.0 Å². The number of hydrogen-bond acceptors (Lipinski definition) is 1. The van der Waals surface area contributed by atoms with E-state index in [-0.39, 0.29) is 0 Å². The summed E-state index contributed by atoms with van der Waals surface area (Å²) < 4.78 is 1.31. The van der Waals surface area contributed by atoms with Crippen molar-refractivity contribution in [3.63, 3.8) is 0 Å². The minimum Gasteiger partial charge on any atom is -0.313 e. The number of halogens is 1. The van der Waals surface area contributed by atoms with Crippen molar-refractivity contribution in [2.45, 2.75) is 18.9 Å². The van der Waals surface area contributed by atoms with Gasteiger partial charge < -0.3 is 5.32 Å². The molecule has 0 spiro atoms. The minimum atomic E-state index is 0.581. The van der Waals surface area contributed by atoms with Crippen LogP contribution in [0.3, 0.4) is 0 Å². The van der Waals surface area contributed by atoms with Crippen molar-refractivity contribution < 1.29 is 0 Å². The van der Waals surface area contributed by atoms with Gasteiger partial charge in [-0.3, -0.25) is 0 Å². The first kappa shape index (κ1) is 9.46. The lowest BCUT2D eigenvalue weighted by molar-refractivity contribution is 0.529. The third-order valence-corrected chi connectivity index (χ3v) is 3.35. The van der Waals surface area contributed by atoms with E-state index >= 15 is 0 Å². The van der Waals surface area contributed by atoms with Gasteiger partial charge in [-0.25, -0.2) is 0 Å². The van der Waals surface area contributed by atoms with E-state index in [1.165, 1.54) is 22.0 Å². The number of nitrogens with one attached hydrogen (secondary N) is 1. The largest absolute Gasteiger partial charge is 0.313 e. The third kappa shape index (κ3) is 2.23. The predicted molar refractivity (Wildman–Crippen MR) is 63.7 cm³/mol. The molecule has 1 unspecified atom stereocenters. The highest BCUT2D eigenvalue weighted by atomic mass is 127. The quantitative estimate of drug-likeness (QED) is 0.843. The lowest BCUT2D eigenvalue weighted by Gasteiger charge is -2.15. The maximum absolute atomic E-state index is 3.40. The number of hydrogen-bond donors (Lipinski definition) is 1. The molecule has 13 heavy (non-hydrogen) atoms. The molecule has 1 fully saturated rings. The van der Waals surface area contributed by atoms with Gasteiger partial charge in [-0.05, 0) is 66.1 Å². The zero-order chi connectivity index (χ0) is 9.26. The van der Waals surface area contributed by atoms with E-state index in [9.17, 15) is 0 Å². The van der Waals surface area contributed by atoms with Gasteiger partial charge in [0, 0.05) is 9.61 Å². The fraction of sp³-hybridized carbons (Fsp3) is 0.455. The van der Waals surface area contributed by atoms with Crippen molar-refractivity contribution in [1.82, 2.24) is 5.32 Å². The molecule has 1 atom stereocenters. The van der Waals surface area contributed by atoms with E-state index in [1.54, 1.807) is 0 Å². The molecule has 1 aromatic rings. The average Bonchev–Trinajstić information content (AvgIpc) is 2.93. The fourth-order valence-corrected chi connectivity index (χ4v) is 2.13. The van der Waals surface area contributed by atoms with Crippen molar-refractivity contribution in [2.75, 3.05) is 7.05 Å². The van der Waals surface area contributed by atoms with Gasteiger partial charge in [0.1, 0.15) is 0 Å². The molecule has 0 aliphatic heterocycles. The van der Waals surface area contributed by atoms with E-state index in [4.69, 9.17) is 0 Å². The Morgan fingerprint density at radius 2 is 1.92 bits per heavy atom. The molecule has 0 amide bonds. The Kier molecular flexibility index (Phi) is 2.89. The van der Waals surface area contributed by atoms with Crippen LogP contribution >= 0.6 is 22.6 Å².